The van der Waals surface area contributed by atoms with Crippen LogP contribution >= 0.6 is 0 Å². The van der Waals surface area contributed by atoms with Gasteiger partial charge >= 0.3 is 5.97 Å². The maximum Gasteiger partial charge on any atom is 0.303 e. The summed E-state index contributed by atoms with van der Waals surface area (Å²) in [7, 11) is 0. The summed E-state index contributed by atoms with van der Waals surface area (Å²) < 4.78 is 0. The molecule has 4 nitrogen and oxygen atoms in total. The van der Waals surface area contributed by atoms with Crippen molar-refractivity contribution in [3.05, 3.63) is 0 Å². The van der Waals surface area contributed by atoms with Crippen LogP contribution in [0.15, 0.2) is 0 Å². The fourth-order valence-corrected chi connectivity index (χ4v) is 9.91. The van der Waals surface area contributed by atoms with Crippen molar-refractivity contribution in [1.82, 2.24) is 0 Å². The Morgan fingerprint density at radius 1 is 1.00 bits per heavy atom. The van der Waals surface area contributed by atoms with Gasteiger partial charge in [-0.15, -0.1) is 0 Å². The third-order valence-electron chi connectivity index (χ3n) is 11.4. The number of rotatable bonds is 4. The van der Waals surface area contributed by atoms with Gasteiger partial charge in [0, 0.05) is 6.42 Å². The predicted octanol–water partition coefficient (Wildman–Crippen LogP) is 5.11. The molecule has 4 rings (SSSR count). The van der Waals surface area contributed by atoms with Crippen LogP contribution in [0, 0.1) is 51.8 Å². The third kappa shape index (κ3) is 2.95. The van der Waals surface area contributed by atoms with Crippen molar-refractivity contribution in [2.24, 2.45) is 51.8 Å². The Morgan fingerprint density at radius 3 is 2.33 bits per heavy atom. The highest BCUT2D eigenvalue weighted by Gasteiger charge is 2.68. The van der Waals surface area contributed by atoms with Crippen LogP contribution in [0.3, 0.4) is 0 Å². The normalized spacial score (nSPS) is 54.0. The number of hydrogen-bond donors (Lipinski definition) is 3. The Morgan fingerprint density at radius 2 is 1.70 bits per heavy atom. The number of aliphatic carboxylic acids is 1. The van der Waals surface area contributed by atoms with E-state index in [0.717, 1.165) is 51.4 Å². The molecule has 3 unspecified atom stereocenters. The molecule has 172 valence electrons. The Kier molecular flexibility index (Phi) is 5.62. The van der Waals surface area contributed by atoms with Crippen LogP contribution in [0.4, 0.5) is 0 Å². The standard InChI is InChI=1S/C26H44O4/c1-6-17-23(30)22-19-8-7-18(15(2)13-21(28)29)24(19,3)11-10-20(22)25(4)12-9-16(27)14-26(17,25)5/h15-20,22-23,27,30H,6-14H2,1-5H3,(H,28,29)/t15-,16-,17+,18-,19?,20?,22?,23-,24-,25-,26+/m1/s1. The first-order valence-corrected chi connectivity index (χ1v) is 12.6. The van der Waals surface area contributed by atoms with Crippen LogP contribution < -0.4 is 0 Å². The molecule has 0 aromatic carbocycles. The Labute approximate surface area is 182 Å². The molecular weight excluding hydrogens is 376 g/mol. The van der Waals surface area contributed by atoms with Crippen LogP contribution in [0.1, 0.15) is 92.4 Å². The number of carbonyl (C=O) groups is 1. The summed E-state index contributed by atoms with van der Waals surface area (Å²) in [5.41, 5.74) is 0.304. The summed E-state index contributed by atoms with van der Waals surface area (Å²) in [5, 5.41) is 31.8. The molecule has 0 aliphatic heterocycles. The summed E-state index contributed by atoms with van der Waals surface area (Å²) in [6.45, 7) is 11.6. The lowest BCUT2D eigenvalue weighted by molar-refractivity contribution is -0.243. The molecule has 11 atom stereocenters. The highest BCUT2D eigenvalue weighted by molar-refractivity contribution is 5.67. The lowest BCUT2D eigenvalue weighted by Gasteiger charge is -2.69. The minimum Gasteiger partial charge on any atom is -0.481 e. The molecule has 30 heavy (non-hydrogen) atoms. The Balaban J connectivity index is 1.70. The van der Waals surface area contributed by atoms with Gasteiger partial charge in [-0.05, 0) is 96.7 Å². The van der Waals surface area contributed by atoms with Crippen LogP contribution in [0.5, 0.6) is 0 Å². The fraction of sp³-hybridized carbons (Fsp3) is 0.962. The highest BCUT2D eigenvalue weighted by atomic mass is 16.4. The number of carboxylic acids is 1. The molecule has 3 N–H and O–H groups in total. The Hall–Kier alpha value is -0.610. The van der Waals surface area contributed by atoms with Crippen molar-refractivity contribution in [2.45, 2.75) is 105 Å². The van der Waals surface area contributed by atoms with Gasteiger partial charge in [-0.25, -0.2) is 0 Å². The van der Waals surface area contributed by atoms with Crippen molar-refractivity contribution in [1.29, 1.82) is 0 Å². The van der Waals surface area contributed by atoms with Crippen LogP contribution in [0.2, 0.25) is 0 Å². The smallest absolute Gasteiger partial charge is 0.303 e. The van der Waals surface area contributed by atoms with Gasteiger partial charge in [-0.3, -0.25) is 4.79 Å². The average molecular weight is 421 g/mol. The van der Waals surface area contributed by atoms with Gasteiger partial charge in [0.1, 0.15) is 0 Å². The Bertz CT molecular complexity index is 678. The summed E-state index contributed by atoms with van der Waals surface area (Å²) in [5.74, 6) is 1.52. The monoisotopic (exact) mass is 420 g/mol. The molecule has 0 aromatic rings. The molecule has 4 aliphatic carbocycles. The van der Waals surface area contributed by atoms with Crippen molar-refractivity contribution in [3.8, 4) is 0 Å². The second kappa shape index (κ2) is 7.47. The molecule has 0 spiro atoms. The summed E-state index contributed by atoms with van der Waals surface area (Å²) in [6, 6.07) is 0. The highest BCUT2D eigenvalue weighted by Crippen LogP contribution is 2.72. The van der Waals surface area contributed by atoms with Crippen LogP contribution in [-0.2, 0) is 4.79 Å². The number of aliphatic hydroxyl groups is 2. The van der Waals surface area contributed by atoms with Crippen molar-refractivity contribution in [3.63, 3.8) is 0 Å². The topological polar surface area (TPSA) is 77.8 Å². The van der Waals surface area contributed by atoms with E-state index in [2.05, 4.69) is 34.6 Å². The van der Waals surface area contributed by atoms with E-state index in [0.29, 0.717) is 23.7 Å². The SMILES string of the molecule is CC[C@H]1[C@@H](O)C2C3CC[C@H]([C@H](C)CC(=O)O)[C@@]3(C)CCC2[C@@]2(C)CC[C@@H](O)C[C@@]12C. The minimum atomic E-state index is -0.684. The zero-order valence-corrected chi connectivity index (χ0v) is 19.7. The van der Waals surface area contributed by atoms with E-state index < -0.39 is 5.97 Å². The second-order valence-corrected chi connectivity index (χ2v) is 12.3. The predicted molar refractivity (Wildman–Crippen MR) is 118 cm³/mol. The molecule has 0 bridgehead atoms. The van der Waals surface area contributed by atoms with E-state index in [9.17, 15) is 20.1 Å². The number of aliphatic hydroxyl groups excluding tert-OH is 2. The summed E-state index contributed by atoms with van der Waals surface area (Å²) >= 11 is 0. The molecule has 0 amide bonds. The van der Waals surface area contributed by atoms with Gasteiger partial charge in [-0.1, -0.05) is 41.0 Å². The first-order valence-electron chi connectivity index (χ1n) is 12.6. The molecule has 4 saturated carbocycles. The number of hydrogen-bond acceptors (Lipinski definition) is 3. The zero-order chi connectivity index (χ0) is 22.1. The van der Waals surface area contributed by atoms with Gasteiger partial charge < -0.3 is 15.3 Å². The van der Waals surface area contributed by atoms with Gasteiger partial charge in [0.2, 0.25) is 0 Å². The second-order valence-electron chi connectivity index (χ2n) is 12.3. The quantitative estimate of drug-likeness (QED) is 0.590. The summed E-state index contributed by atoms with van der Waals surface area (Å²) in [4.78, 5) is 11.4. The summed E-state index contributed by atoms with van der Waals surface area (Å²) in [6.07, 6.45) is 8.00. The number of carboxylic acid groups (broad SMARTS) is 1. The van der Waals surface area contributed by atoms with E-state index in [1.54, 1.807) is 0 Å². The first-order chi connectivity index (χ1) is 14.0. The molecule has 0 aromatic heterocycles. The van der Waals surface area contributed by atoms with Gasteiger partial charge in [-0.2, -0.15) is 0 Å². The molecule has 4 heteroatoms. The lowest BCUT2D eigenvalue weighted by atomic mass is 9.36. The van der Waals surface area contributed by atoms with E-state index in [-0.39, 0.29) is 46.7 Å². The van der Waals surface area contributed by atoms with Crippen LogP contribution in [0.25, 0.3) is 0 Å². The largest absolute Gasteiger partial charge is 0.481 e. The van der Waals surface area contributed by atoms with Crippen molar-refractivity contribution < 1.29 is 20.1 Å². The maximum absolute atomic E-state index is 11.8. The molecule has 0 radical (unpaired) electrons. The zero-order valence-electron chi connectivity index (χ0n) is 19.7. The molecule has 0 heterocycles. The van der Waals surface area contributed by atoms with Gasteiger partial charge in [0.15, 0.2) is 0 Å². The third-order valence-corrected chi connectivity index (χ3v) is 11.4. The molecule has 0 saturated heterocycles. The molecular formula is C26H44O4. The lowest BCUT2D eigenvalue weighted by Crippen LogP contribution is -2.66. The van der Waals surface area contributed by atoms with E-state index in [4.69, 9.17) is 0 Å². The van der Waals surface area contributed by atoms with Crippen molar-refractivity contribution >= 4 is 5.97 Å². The average Bonchev–Trinajstić information content (AvgIpc) is 3.00. The maximum atomic E-state index is 11.8. The number of fused-ring (bicyclic) bond motifs is 5. The van der Waals surface area contributed by atoms with Crippen molar-refractivity contribution in [2.75, 3.05) is 0 Å². The van der Waals surface area contributed by atoms with Crippen LogP contribution in [-0.4, -0.2) is 33.5 Å². The van der Waals surface area contributed by atoms with Gasteiger partial charge in [0.05, 0.1) is 12.2 Å². The molecule has 4 fully saturated rings. The minimum absolute atomic E-state index is 0.0116. The van der Waals surface area contributed by atoms with E-state index >= 15 is 0 Å². The van der Waals surface area contributed by atoms with Gasteiger partial charge in [0.25, 0.3) is 0 Å². The molecule has 4 aliphatic rings. The van der Waals surface area contributed by atoms with E-state index in [1.165, 1.54) is 0 Å². The first kappa shape index (κ1) is 22.6. The van der Waals surface area contributed by atoms with E-state index in [1.807, 2.05) is 0 Å². The fourth-order valence-electron chi connectivity index (χ4n) is 9.91.